The van der Waals surface area contributed by atoms with Gasteiger partial charge in [-0.2, -0.15) is 0 Å². The van der Waals surface area contributed by atoms with E-state index in [0.29, 0.717) is 5.13 Å². The molecule has 0 atom stereocenters. The Labute approximate surface area is 161 Å². The summed E-state index contributed by atoms with van der Waals surface area (Å²) >= 11 is 1.38. The highest BCUT2D eigenvalue weighted by Crippen LogP contribution is 2.32. The Morgan fingerprint density at radius 1 is 0.852 bits per heavy atom. The van der Waals surface area contributed by atoms with Gasteiger partial charge in [-0.25, -0.2) is 0 Å². The van der Waals surface area contributed by atoms with Crippen LogP contribution in [0.3, 0.4) is 0 Å². The molecule has 0 radical (unpaired) electrons. The van der Waals surface area contributed by atoms with Gasteiger partial charge in [-0.1, -0.05) is 41.7 Å². The summed E-state index contributed by atoms with van der Waals surface area (Å²) in [5.74, 6) is 0.845. The zero-order valence-electron chi connectivity index (χ0n) is 14.7. The largest absolute Gasteiger partial charge is 0.497 e. The van der Waals surface area contributed by atoms with E-state index >= 15 is 0 Å². The van der Waals surface area contributed by atoms with Crippen molar-refractivity contribution < 1.29 is 4.74 Å². The second-order valence-corrected chi connectivity index (χ2v) is 6.93. The van der Waals surface area contributed by atoms with E-state index in [-0.39, 0.29) is 0 Å². The summed E-state index contributed by atoms with van der Waals surface area (Å²) < 4.78 is 5.25. The molecule has 1 heterocycles. The van der Waals surface area contributed by atoms with Crippen molar-refractivity contribution in [3.8, 4) is 27.4 Å². The second-order valence-electron chi connectivity index (χ2n) is 5.92. The Kier molecular flexibility index (Phi) is 4.72. The Bertz CT molecular complexity index is 1040. The van der Waals surface area contributed by atoms with E-state index in [4.69, 9.17) is 10.5 Å². The first-order chi connectivity index (χ1) is 13.2. The fourth-order valence-corrected chi connectivity index (χ4v) is 3.43. The SMILES string of the molecule is COc1ccc(-c2ccccc2Nc2ccc(-c3nnc(N)s3)cc2)cc1. The average molecular weight is 374 g/mol. The van der Waals surface area contributed by atoms with Crippen LogP contribution in [0.5, 0.6) is 5.75 Å². The van der Waals surface area contributed by atoms with E-state index < -0.39 is 0 Å². The number of anilines is 3. The lowest BCUT2D eigenvalue weighted by atomic mass is 10.0. The topological polar surface area (TPSA) is 73.1 Å². The highest BCUT2D eigenvalue weighted by atomic mass is 32.1. The molecule has 5 nitrogen and oxygen atoms in total. The average Bonchev–Trinajstić information content (AvgIpc) is 3.15. The van der Waals surface area contributed by atoms with Crippen LogP contribution < -0.4 is 15.8 Å². The third-order valence-electron chi connectivity index (χ3n) is 4.18. The molecule has 0 saturated carbocycles. The first-order valence-corrected chi connectivity index (χ1v) is 9.24. The molecule has 27 heavy (non-hydrogen) atoms. The molecule has 3 aromatic carbocycles. The smallest absolute Gasteiger partial charge is 0.203 e. The van der Waals surface area contributed by atoms with Crippen LogP contribution in [0.25, 0.3) is 21.7 Å². The van der Waals surface area contributed by atoms with Crippen LogP contribution >= 0.6 is 11.3 Å². The van der Waals surface area contributed by atoms with Gasteiger partial charge in [0.25, 0.3) is 0 Å². The predicted octanol–water partition coefficient (Wildman–Crippen LogP) is 5.21. The van der Waals surface area contributed by atoms with Crippen LogP contribution in [0.2, 0.25) is 0 Å². The van der Waals surface area contributed by atoms with Gasteiger partial charge < -0.3 is 15.8 Å². The van der Waals surface area contributed by atoms with Crippen LogP contribution in [0, 0.1) is 0 Å². The van der Waals surface area contributed by atoms with Gasteiger partial charge in [0, 0.05) is 22.5 Å². The number of nitrogens with zero attached hydrogens (tertiary/aromatic N) is 2. The summed E-state index contributed by atoms with van der Waals surface area (Å²) in [5.41, 5.74) is 10.9. The Hall–Kier alpha value is -3.38. The summed E-state index contributed by atoms with van der Waals surface area (Å²) in [4.78, 5) is 0. The molecule has 0 saturated heterocycles. The van der Waals surface area contributed by atoms with Crippen molar-refractivity contribution in [1.82, 2.24) is 10.2 Å². The minimum atomic E-state index is 0.473. The van der Waals surface area contributed by atoms with Gasteiger partial charge >= 0.3 is 0 Å². The highest BCUT2D eigenvalue weighted by Gasteiger charge is 2.07. The lowest BCUT2D eigenvalue weighted by Crippen LogP contribution is -1.93. The third kappa shape index (κ3) is 3.75. The van der Waals surface area contributed by atoms with Crippen molar-refractivity contribution in [1.29, 1.82) is 0 Å². The zero-order valence-corrected chi connectivity index (χ0v) is 15.5. The molecular formula is C21H18N4OS. The molecule has 0 aliphatic rings. The fourth-order valence-electron chi connectivity index (χ4n) is 2.82. The first kappa shape index (κ1) is 17.1. The van der Waals surface area contributed by atoms with Crippen LogP contribution in [0.15, 0.2) is 72.8 Å². The second kappa shape index (κ2) is 7.47. The number of nitrogen functional groups attached to an aromatic ring is 1. The summed E-state index contributed by atoms with van der Waals surface area (Å²) in [6.45, 7) is 0. The predicted molar refractivity (Wildman–Crippen MR) is 111 cm³/mol. The van der Waals surface area contributed by atoms with Crippen molar-refractivity contribution in [2.45, 2.75) is 0 Å². The fraction of sp³-hybridized carbons (Fsp3) is 0.0476. The minimum absolute atomic E-state index is 0.473. The lowest BCUT2D eigenvalue weighted by Gasteiger charge is -2.13. The first-order valence-electron chi connectivity index (χ1n) is 8.43. The molecule has 1 aromatic heterocycles. The zero-order chi connectivity index (χ0) is 18.6. The molecule has 0 unspecified atom stereocenters. The summed E-state index contributed by atoms with van der Waals surface area (Å²) in [6, 6.07) is 24.4. The lowest BCUT2D eigenvalue weighted by molar-refractivity contribution is 0.415. The Morgan fingerprint density at radius 3 is 2.22 bits per heavy atom. The normalized spacial score (nSPS) is 10.6. The molecular weight excluding hydrogens is 356 g/mol. The minimum Gasteiger partial charge on any atom is -0.497 e. The van der Waals surface area contributed by atoms with Gasteiger partial charge in [0.2, 0.25) is 5.13 Å². The van der Waals surface area contributed by atoms with E-state index in [2.05, 4.69) is 39.8 Å². The van der Waals surface area contributed by atoms with Crippen molar-refractivity contribution in [2.75, 3.05) is 18.2 Å². The number of ether oxygens (including phenoxy) is 1. The van der Waals surface area contributed by atoms with E-state index in [1.807, 2.05) is 48.5 Å². The monoisotopic (exact) mass is 374 g/mol. The van der Waals surface area contributed by atoms with Crippen molar-refractivity contribution in [3.63, 3.8) is 0 Å². The summed E-state index contributed by atoms with van der Waals surface area (Å²) in [6.07, 6.45) is 0. The molecule has 134 valence electrons. The third-order valence-corrected chi connectivity index (χ3v) is 4.98. The Morgan fingerprint density at radius 2 is 1.56 bits per heavy atom. The molecule has 0 bridgehead atoms. The molecule has 0 fully saturated rings. The number of para-hydroxylation sites is 1. The van der Waals surface area contributed by atoms with E-state index in [1.54, 1.807) is 7.11 Å². The molecule has 0 amide bonds. The van der Waals surface area contributed by atoms with Crippen LogP contribution in [0.1, 0.15) is 0 Å². The van der Waals surface area contributed by atoms with E-state index in [0.717, 1.165) is 38.8 Å². The highest BCUT2D eigenvalue weighted by molar-refractivity contribution is 7.18. The van der Waals surface area contributed by atoms with Gasteiger partial charge in [-0.15, -0.1) is 10.2 Å². The van der Waals surface area contributed by atoms with E-state index in [1.165, 1.54) is 11.3 Å². The maximum Gasteiger partial charge on any atom is 0.203 e. The maximum absolute atomic E-state index is 5.66. The number of methoxy groups -OCH3 is 1. The molecule has 0 aliphatic heterocycles. The number of nitrogens with two attached hydrogens (primary N) is 1. The summed E-state index contributed by atoms with van der Waals surface area (Å²) in [7, 11) is 1.67. The van der Waals surface area contributed by atoms with Crippen LogP contribution in [-0.4, -0.2) is 17.3 Å². The number of nitrogens with one attached hydrogen (secondary N) is 1. The van der Waals surface area contributed by atoms with E-state index in [9.17, 15) is 0 Å². The number of aromatic nitrogens is 2. The number of hydrogen-bond donors (Lipinski definition) is 2. The molecule has 0 aliphatic carbocycles. The molecule has 4 aromatic rings. The standard InChI is InChI=1S/C21H18N4OS/c1-26-17-12-8-14(9-13-17)18-4-2-3-5-19(18)23-16-10-6-15(7-11-16)20-24-25-21(22)27-20/h2-13,23H,1H3,(H2,22,25). The molecule has 4 rings (SSSR count). The van der Waals surface area contributed by atoms with Crippen molar-refractivity contribution in [2.24, 2.45) is 0 Å². The molecule has 3 N–H and O–H groups in total. The number of hydrogen-bond acceptors (Lipinski definition) is 6. The maximum atomic E-state index is 5.66. The number of rotatable bonds is 5. The number of benzene rings is 3. The van der Waals surface area contributed by atoms with Gasteiger partial charge in [0.1, 0.15) is 10.8 Å². The van der Waals surface area contributed by atoms with Crippen molar-refractivity contribution >= 4 is 27.8 Å². The Balaban J connectivity index is 1.59. The summed E-state index contributed by atoms with van der Waals surface area (Å²) in [5, 5.41) is 12.7. The molecule has 6 heteroatoms. The van der Waals surface area contributed by atoms with Crippen LogP contribution in [0.4, 0.5) is 16.5 Å². The van der Waals surface area contributed by atoms with Gasteiger partial charge in [-0.3, -0.25) is 0 Å². The van der Waals surface area contributed by atoms with Gasteiger partial charge in [-0.05, 0) is 48.0 Å². The van der Waals surface area contributed by atoms with Crippen LogP contribution in [-0.2, 0) is 0 Å². The molecule has 0 spiro atoms. The quantitative estimate of drug-likeness (QED) is 0.502. The van der Waals surface area contributed by atoms with Crippen molar-refractivity contribution in [3.05, 3.63) is 72.8 Å². The van der Waals surface area contributed by atoms with Gasteiger partial charge in [0.15, 0.2) is 0 Å². The van der Waals surface area contributed by atoms with Gasteiger partial charge in [0.05, 0.1) is 7.11 Å².